The molecular weight excluding hydrogens is 459 g/mol. The van der Waals surface area contributed by atoms with Crippen molar-refractivity contribution in [3.8, 4) is 11.6 Å². The number of halogens is 1. The predicted octanol–water partition coefficient (Wildman–Crippen LogP) is 3.58. The Balaban J connectivity index is 1.76. The van der Waals surface area contributed by atoms with E-state index in [1.165, 1.54) is 24.3 Å². The van der Waals surface area contributed by atoms with Crippen molar-refractivity contribution in [2.24, 2.45) is 0 Å². The second-order valence-electron chi connectivity index (χ2n) is 8.56. The van der Waals surface area contributed by atoms with E-state index < -0.39 is 23.5 Å². The highest BCUT2D eigenvalue weighted by molar-refractivity contribution is 6.53. The van der Waals surface area contributed by atoms with Crippen LogP contribution >= 0.6 is 0 Å². The molecule has 5 rings (SSSR count). The van der Waals surface area contributed by atoms with Gasteiger partial charge in [-0.05, 0) is 61.2 Å². The maximum Gasteiger partial charge on any atom is 0.331 e. The molecule has 0 atom stereocenters. The number of hydrogen-bond donors (Lipinski definition) is 0. The van der Waals surface area contributed by atoms with Gasteiger partial charge in [-0.1, -0.05) is 31.5 Å². The van der Waals surface area contributed by atoms with Crippen LogP contribution in [0.5, 0.6) is 5.88 Å². The molecule has 3 heterocycles. The fourth-order valence-corrected chi connectivity index (χ4v) is 4.40. The Bertz CT molecular complexity index is 1510. The van der Waals surface area contributed by atoms with Crippen molar-refractivity contribution in [2.75, 3.05) is 4.90 Å². The van der Waals surface area contributed by atoms with Gasteiger partial charge in [-0.2, -0.15) is 9.67 Å². The Kier molecular flexibility index (Phi) is 5.93. The van der Waals surface area contributed by atoms with Gasteiger partial charge in [-0.25, -0.2) is 14.0 Å². The van der Waals surface area contributed by atoms with Crippen LogP contribution in [-0.2, 0) is 16.0 Å². The van der Waals surface area contributed by atoms with E-state index >= 15 is 0 Å². The molecule has 0 unspecified atom stereocenters. The van der Waals surface area contributed by atoms with Crippen molar-refractivity contribution in [3.63, 3.8) is 0 Å². The zero-order chi connectivity index (χ0) is 25.4. The number of aryl methyl sites for hydroxylation is 2. The van der Waals surface area contributed by atoms with Gasteiger partial charge < -0.3 is 5.11 Å². The van der Waals surface area contributed by atoms with Gasteiger partial charge in [0.05, 0.1) is 17.1 Å². The highest BCUT2D eigenvalue weighted by Crippen LogP contribution is 2.39. The van der Waals surface area contributed by atoms with E-state index in [-0.39, 0.29) is 16.8 Å². The van der Waals surface area contributed by atoms with Crippen LogP contribution in [0.15, 0.2) is 79.1 Å². The van der Waals surface area contributed by atoms with Gasteiger partial charge in [0.1, 0.15) is 11.4 Å². The van der Waals surface area contributed by atoms with Crippen LogP contribution in [0.4, 0.5) is 10.1 Å². The van der Waals surface area contributed by atoms with Crippen LogP contribution in [0.1, 0.15) is 30.2 Å². The SMILES string of the molecule is CCCc1nn(-c2ccc(F)cc2)c([O-])c1C1=C([n+]2ccccc2)C(=O)N(c2cccc(C)c2)C1=O. The van der Waals surface area contributed by atoms with E-state index in [9.17, 15) is 19.1 Å². The number of aromatic nitrogens is 3. The number of imide groups is 1. The number of nitrogens with zero attached hydrogens (tertiary/aromatic N) is 4. The van der Waals surface area contributed by atoms with Gasteiger partial charge in [0, 0.05) is 17.7 Å². The Morgan fingerprint density at radius 1 is 0.944 bits per heavy atom. The lowest BCUT2D eigenvalue weighted by atomic mass is 10.0. The van der Waals surface area contributed by atoms with Gasteiger partial charge >= 0.3 is 5.91 Å². The number of carbonyl (C=O) groups is 2. The normalized spacial score (nSPS) is 13.7. The molecule has 4 aromatic rings. The third kappa shape index (κ3) is 3.86. The maximum absolute atomic E-state index is 13.9. The number of carbonyl (C=O) groups excluding carboxylic acids is 2. The molecule has 7 nitrogen and oxygen atoms in total. The number of pyridine rings is 1. The first kappa shape index (κ1) is 23.2. The highest BCUT2D eigenvalue weighted by atomic mass is 19.1. The summed E-state index contributed by atoms with van der Waals surface area (Å²) >= 11 is 0. The minimum Gasteiger partial charge on any atom is -0.858 e. The molecule has 0 radical (unpaired) electrons. The van der Waals surface area contributed by atoms with Crippen LogP contribution in [0.3, 0.4) is 0 Å². The van der Waals surface area contributed by atoms with Crippen LogP contribution < -0.4 is 14.6 Å². The fraction of sp³-hybridized carbons (Fsp3) is 0.143. The summed E-state index contributed by atoms with van der Waals surface area (Å²) in [6.07, 6.45) is 4.40. The van der Waals surface area contributed by atoms with E-state index in [0.29, 0.717) is 29.9 Å². The number of benzene rings is 2. The molecule has 0 bridgehead atoms. The minimum atomic E-state index is -0.593. The summed E-state index contributed by atoms with van der Waals surface area (Å²) in [5.74, 6) is -2.11. The summed E-state index contributed by atoms with van der Waals surface area (Å²) in [5.41, 5.74) is 2.24. The van der Waals surface area contributed by atoms with Crippen molar-refractivity contribution in [3.05, 3.63) is 102 Å². The first-order chi connectivity index (χ1) is 17.4. The summed E-state index contributed by atoms with van der Waals surface area (Å²) < 4.78 is 16.2. The standard InChI is InChI=1S/C28H23FN4O3/c1-3-8-22-23(27(35)33(30-22)20-13-11-19(29)12-14-20)24-25(31-15-5-4-6-16-31)28(36)32(26(24)34)21-10-7-9-18(2)17-21/h4-7,9-17H,3,8H2,1-2H3. The summed E-state index contributed by atoms with van der Waals surface area (Å²) in [7, 11) is 0. The van der Waals surface area contributed by atoms with E-state index in [0.717, 1.165) is 15.1 Å². The molecule has 36 heavy (non-hydrogen) atoms. The molecule has 0 N–H and O–H groups in total. The van der Waals surface area contributed by atoms with Crippen molar-refractivity contribution < 1.29 is 23.7 Å². The third-order valence-electron chi connectivity index (χ3n) is 6.02. The average Bonchev–Trinajstić information content (AvgIpc) is 3.32. The average molecular weight is 483 g/mol. The maximum atomic E-state index is 13.9. The molecule has 2 aromatic heterocycles. The molecule has 1 aliphatic heterocycles. The lowest BCUT2D eigenvalue weighted by Gasteiger charge is -2.16. The molecule has 0 aliphatic carbocycles. The summed E-state index contributed by atoms with van der Waals surface area (Å²) in [6.45, 7) is 3.81. The fourth-order valence-electron chi connectivity index (χ4n) is 4.40. The van der Waals surface area contributed by atoms with Crippen molar-refractivity contribution in [2.45, 2.75) is 26.7 Å². The van der Waals surface area contributed by atoms with Crippen LogP contribution in [0.25, 0.3) is 17.0 Å². The van der Waals surface area contributed by atoms with Crippen molar-refractivity contribution in [1.82, 2.24) is 9.78 Å². The Morgan fingerprint density at radius 2 is 1.67 bits per heavy atom. The Morgan fingerprint density at radius 3 is 2.33 bits per heavy atom. The number of rotatable bonds is 6. The number of amides is 2. The topological polar surface area (TPSA) is 82.1 Å². The van der Waals surface area contributed by atoms with Gasteiger partial charge in [0.2, 0.25) is 0 Å². The summed E-state index contributed by atoms with van der Waals surface area (Å²) in [5, 5.41) is 18.2. The molecule has 1 aliphatic rings. The Labute approximate surface area is 207 Å². The number of anilines is 1. The molecule has 0 saturated heterocycles. The monoisotopic (exact) mass is 482 g/mol. The van der Waals surface area contributed by atoms with Crippen molar-refractivity contribution >= 4 is 28.8 Å². The van der Waals surface area contributed by atoms with E-state index in [1.807, 2.05) is 19.9 Å². The zero-order valence-corrected chi connectivity index (χ0v) is 19.8. The summed E-state index contributed by atoms with van der Waals surface area (Å²) in [4.78, 5) is 28.8. The molecular formula is C28H23FN4O3. The van der Waals surface area contributed by atoms with Crippen molar-refractivity contribution in [1.29, 1.82) is 0 Å². The van der Waals surface area contributed by atoms with E-state index in [2.05, 4.69) is 5.10 Å². The molecule has 2 aromatic carbocycles. The second-order valence-corrected chi connectivity index (χ2v) is 8.56. The third-order valence-corrected chi connectivity index (χ3v) is 6.02. The van der Waals surface area contributed by atoms with Gasteiger partial charge in [-0.15, -0.1) is 0 Å². The van der Waals surface area contributed by atoms with Crippen LogP contribution in [0.2, 0.25) is 0 Å². The molecule has 0 saturated carbocycles. The molecule has 8 heteroatoms. The van der Waals surface area contributed by atoms with Crippen LogP contribution in [-0.4, -0.2) is 21.6 Å². The minimum absolute atomic E-state index is 0.000446. The molecule has 2 amide bonds. The first-order valence-corrected chi connectivity index (χ1v) is 11.6. The largest absolute Gasteiger partial charge is 0.858 e. The Hall–Kier alpha value is -4.59. The lowest BCUT2D eigenvalue weighted by molar-refractivity contribution is -0.576. The van der Waals surface area contributed by atoms with Crippen LogP contribution in [0, 0.1) is 12.7 Å². The molecule has 0 fully saturated rings. The van der Waals surface area contributed by atoms with E-state index in [1.54, 1.807) is 53.4 Å². The summed E-state index contributed by atoms with van der Waals surface area (Å²) in [6, 6.07) is 17.7. The lowest BCUT2D eigenvalue weighted by Crippen LogP contribution is -2.39. The van der Waals surface area contributed by atoms with Gasteiger partial charge in [0.25, 0.3) is 11.6 Å². The van der Waals surface area contributed by atoms with E-state index in [4.69, 9.17) is 0 Å². The quantitative estimate of drug-likeness (QED) is 0.311. The molecule has 0 spiro atoms. The number of hydrogen-bond acceptors (Lipinski definition) is 4. The highest BCUT2D eigenvalue weighted by Gasteiger charge is 2.47. The smallest absolute Gasteiger partial charge is 0.331 e. The van der Waals surface area contributed by atoms with Gasteiger partial charge in [-0.3, -0.25) is 9.59 Å². The predicted molar refractivity (Wildman–Crippen MR) is 130 cm³/mol. The first-order valence-electron chi connectivity index (χ1n) is 11.6. The molecule has 180 valence electrons. The second kappa shape index (κ2) is 9.22. The van der Waals surface area contributed by atoms with Gasteiger partial charge in [0.15, 0.2) is 12.4 Å². The zero-order valence-electron chi connectivity index (χ0n) is 19.8.